The summed E-state index contributed by atoms with van der Waals surface area (Å²) in [6, 6.07) is 0. The molecule has 0 spiro atoms. The van der Waals surface area contributed by atoms with Gasteiger partial charge >= 0.3 is 0 Å². The molecule has 1 saturated carbocycles. The van der Waals surface area contributed by atoms with E-state index in [0.29, 0.717) is 0 Å². The highest BCUT2D eigenvalue weighted by molar-refractivity contribution is 9.10. The van der Waals surface area contributed by atoms with Crippen molar-refractivity contribution < 1.29 is 0 Å². The lowest BCUT2D eigenvalue weighted by Gasteiger charge is -2.18. The van der Waals surface area contributed by atoms with Crippen LogP contribution >= 0.6 is 15.9 Å². The van der Waals surface area contributed by atoms with E-state index in [1.807, 2.05) is 6.20 Å². The first kappa shape index (κ1) is 9.58. The lowest BCUT2D eigenvalue weighted by molar-refractivity contribution is 0.494. The first-order valence-corrected chi connectivity index (χ1v) is 6.34. The van der Waals surface area contributed by atoms with Crippen LogP contribution in [0.15, 0.2) is 17.0 Å². The van der Waals surface area contributed by atoms with E-state index in [2.05, 4.69) is 30.8 Å². The fraction of sp³-hybridized carbons (Fsp3) is 0.636. The van der Waals surface area contributed by atoms with Crippen molar-refractivity contribution in [2.75, 3.05) is 18.0 Å². The van der Waals surface area contributed by atoms with Crippen LogP contribution < -0.4 is 4.90 Å². The smallest absolute Gasteiger partial charge is 0.146 e. The number of rotatable bonds is 1. The Bertz CT molecular complexity index is 357. The summed E-state index contributed by atoms with van der Waals surface area (Å²) in [5, 5.41) is 0. The fourth-order valence-electron chi connectivity index (χ4n) is 2.95. The average molecular weight is 268 g/mol. The van der Waals surface area contributed by atoms with E-state index in [1.54, 1.807) is 6.33 Å². The highest BCUT2D eigenvalue weighted by Gasteiger charge is 2.36. The van der Waals surface area contributed by atoms with Crippen molar-refractivity contribution in [2.24, 2.45) is 11.8 Å². The Hall–Kier alpha value is -0.640. The van der Waals surface area contributed by atoms with E-state index < -0.39 is 0 Å². The zero-order valence-corrected chi connectivity index (χ0v) is 10.2. The third-order valence-electron chi connectivity index (χ3n) is 3.67. The van der Waals surface area contributed by atoms with E-state index in [0.717, 1.165) is 22.1 Å². The quantitative estimate of drug-likeness (QED) is 0.783. The molecule has 2 unspecified atom stereocenters. The Morgan fingerprint density at radius 3 is 2.67 bits per heavy atom. The van der Waals surface area contributed by atoms with Crippen molar-refractivity contribution in [1.29, 1.82) is 0 Å². The SMILES string of the molecule is Brc1cncnc1N1CC2CCCC2C1. The first-order chi connectivity index (χ1) is 7.34. The standard InChI is InChI=1S/C11H14BrN3/c12-10-4-13-7-14-11(10)15-5-8-2-1-3-9(8)6-15/h4,7-9H,1-3,5-6H2. The van der Waals surface area contributed by atoms with E-state index in [-0.39, 0.29) is 0 Å². The van der Waals surface area contributed by atoms with Gasteiger partial charge in [-0.15, -0.1) is 0 Å². The van der Waals surface area contributed by atoms with Gasteiger partial charge in [0.2, 0.25) is 0 Å². The van der Waals surface area contributed by atoms with Crippen LogP contribution in [0.25, 0.3) is 0 Å². The third kappa shape index (κ3) is 1.65. The molecule has 1 aromatic rings. The molecule has 1 aliphatic heterocycles. The number of aromatic nitrogens is 2. The maximum atomic E-state index is 4.36. The summed E-state index contributed by atoms with van der Waals surface area (Å²) in [7, 11) is 0. The zero-order valence-electron chi connectivity index (χ0n) is 8.56. The molecule has 4 heteroatoms. The van der Waals surface area contributed by atoms with Gasteiger partial charge in [-0.3, -0.25) is 0 Å². The third-order valence-corrected chi connectivity index (χ3v) is 4.23. The molecule has 0 amide bonds. The second-order valence-electron chi connectivity index (χ2n) is 4.55. The zero-order chi connectivity index (χ0) is 10.3. The van der Waals surface area contributed by atoms with Gasteiger partial charge in [-0.05, 0) is 40.6 Å². The van der Waals surface area contributed by atoms with Gasteiger partial charge < -0.3 is 4.90 Å². The Labute approximate surface area is 98.0 Å². The Kier molecular flexibility index (Phi) is 2.39. The molecule has 1 aromatic heterocycles. The minimum Gasteiger partial charge on any atom is -0.355 e. The van der Waals surface area contributed by atoms with Crippen LogP contribution in [0.5, 0.6) is 0 Å². The monoisotopic (exact) mass is 267 g/mol. The molecule has 0 radical (unpaired) electrons. The van der Waals surface area contributed by atoms with E-state index >= 15 is 0 Å². The molecular weight excluding hydrogens is 254 g/mol. The molecule has 0 bridgehead atoms. The summed E-state index contributed by atoms with van der Waals surface area (Å²) < 4.78 is 1.02. The van der Waals surface area contributed by atoms with Crippen molar-refractivity contribution in [3.63, 3.8) is 0 Å². The van der Waals surface area contributed by atoms with Gasteiger partial charge in [0.15, 0.2) is 0 Å². The van der Waals surface area contributed by atoms with Gasteiger partial charge in [0.1, 0.15) is 12.1 Å². The largest absolute Gasteiger partial charge is 0.355 e. The summed E-state index contributed by atoms with van der Waals surface area (Å²) in [6.45, 7) is 2.36. The summed E-state index contributed by atoms with van der Waals surface area (Å²) in [6.07, 6.45) is 7.70. The minimum atomic E-state index is 0.909. The summed E-state index contributed by atoms with van der Waals surface area (Å²) >= 11 is 3.52. The Morgan fingerprint density at radius 2 is 2.00 bits per heavy atom. The number of hydrogen-bond donors (Lipinski definition) is 0. The number of hydrogen-bond acceptors (Lipinski definition) is 3. The van der Waals surface area contributed by atoms with Gasteiger partial charge in [-0.25, -0.2) is 9.97 Å². The second kappa shape index (κ2) is 3.74. The highest BCUT2D eigenvalue weighted by Crippen LogP contribution is 2.40. The first-order valence-electron chi connectivity index (χ1n) is 5.55. The van der Waals surface area contributed by atoms with Crippen molar-refractivity contribution in [3.05, 3.63) is 17.0 Å². The van der Waals surface area contributed by atoms with Gasteiger partial charge in [0.25, 0.3) is 0 Å². The predicted molar refractivity (Wildman–Crippen MR) is 62.8 cm³/mol. The molecule has 3 rings (SSSR count). The molecule has 15 heavy (non-hydrogen) atoms. The summed E-state index contributed by atoms with van der Waals surface area (Å²) in [4.78, 5) is 10.8. The van der Waals surface area contributed by atoms with Crippen LogP contribution in [-0.2, 0) is 0 Å². The van der Waals surface area contributed by atoms with Gasteiger partial charge in [0.05, 0.1) is 4.47 Å². The van der Waals surface area contributed by atoms with Crippen LogP contribution in [0.4, 0.5) is 5.82 Å². The Balaban J connectivity index is 1.82. The second-order valence-corrected chi connectivity index (χ2v) is 5.40. The highest BCUT2D eigenvalue weighted by atomic mass is 79.9. The van der Waals surface area contributed by atoms with Gasteiger partial charge in [0, 0.05) is 19.3 Å². The molecule has 0 N–H and O–H groups in total. The van der Waals surface area contributed by atoms with Gasteiger partial charge in [-0.2, -0.15) is 0 Å². The number of fused-ring (bicyclic) bond motifs is 1. The van der Waals surface area contributed by atoms with Crippen molar-refractivity contribution >= 4 is 21.7 Å². The minimum absolute atomic E-state index is 0.909. The number of anilines is 1. The fourth-order valence-corrected chi connectivity index (χ4v) is 3.42. The summed E-state index contributed by atoms with van der Waals surface area (Å²) in [5.74, 6) is 2.89. The number of halogens is 1. The summed E-state index contributed by atoms with van der Waals surface area (Å²) in [5.41, 5.74) is 0. The molecule has 2 atom stereocenters. The normalized spacial score (nSPS) is 29.5. The maximum absolute atomic E-state index is 4.36. The van der Waals surface area contributed by atoms with Crippen LogP contribution in [0, 0.1) is 11.8 Å². The molecule has 1 saturated heterocycles. The van der Waals surface area contributed by atoms with Crippen molar-refractivity contribution in [1.82, 2.24) is 9.97 Å². The Morgan fingerprint density at radius 1 is 1.27 bits per heavy atom. The molecule has 2 aliphatic rings. The maximum Gasteiger partial charge on any atom is 0.146 e. The topological polar surface area (TPSA) is 29.0 Å². The van der Waals surface area contributed by atoms with Crippen molar-refractivity contribution in [3.8, 4) is 0 Å². The lowest BCUT2D eigenvalue weighted by atomic mass is 10.0. The molecule has 3 nitrogen and oxygen atoms in total. The van der Waals surface area contributed by atoms with E-state index in [4.69, 9.17) is 0 Å². The van der Waals surface area contributed by atoms with Crippen LogP contribution in [0.1, 0.15) is 19.3 Å². The van der Waals surface area contributed by atoms with Crippen molar-refractivity contribution in [2.45, 2.75) is 19.3 Å². The van der Waals surface area contributed by atoms with E-state index in [9.17, 15) is 0 Å². The predicted octanol–water partition coefficient (Wildman–Crippen LogP) is 2.48. The van der Waals surface area contributed by atoms with E-state index in [1.165, 1.54) is 32.4 Å². The van der Waals surface area contributed by atoms with Crippen LogP contribution in [0.2, 0.25) is 0 Å². The molecule has 80 valence electrons. The molecule has 1 aliphatic carbocycles. The molecule has 0 aromatic carbocycles. The molecular formula is C11H14BrN3. The van der Waals surface area contributed by atoms with Crippen LogP contribution in [0.3, 0.4) is 0 Å². The number of nitrogens with zero attached hydrogens (tertiary/aromatic N) is 3. The molecule has 2 heterocycles. The average Bonchev–Trinajstić information content (AvgIpc) is 2.77. The molecule has 2 fully saturated rings. The van der Waals surface area contributed by atoms with Gasteiger partial charge in [-0.1, -0.05) is 6.42 Å². The lowest BCUT2D eigenvalue weighted by Crippen LogP contribution is -2.22. The van der Waals surface area contributed by atoms with Crippen LogP contribution in [-0.4, -0.2) is 23.1 Å².